The normalized spacial score (nSPS) is 15.5. The minimum absolute atomic E-state index is 0.0344. The number of carbonyl (C=O) groups is 2. The molecule has 0 atom stereocenters. The summed E-state index contributed by atoms with van der Waals surface area (Å²) in [4.78, 5) is 28.9. The van der Waals surface area contributed by atoms with Gasteiger partial charge in [0.1, 0.15) is 0 Å². The minimum Gasteiger partial charge on any atom is -0.352 e. The third-order valence-corrected chi connectivity index (χ3v) is 4.93. The van der Waals surface area contributed by atoms with E-state index < -0.39 is 0 Å². The average Bonchev–Trinajstić information content (AvgIpc) is 2.75. The number of thiophene rings is 1. The molecule has 1 aliphatic rings. The number of fused-ring (bicyclic) bond motifs is 1. The Labute approximate surface area is 149 Å². The third kappa shape index (κ3) is 5.07. The molecule has 0 fully saturated rings. The molecule has 1 N–H and O–H groups in total. The SMILES string of the molecule is CC(C)(C)CN(CC(C)(C)C)C(=O)c1cc2c(s1)CCCNC2=O. The molecule has 2 heterocycles. The summed E-state index contributed by atoms with van der Waals surface area (Å²) in [7, 11) is 0. The molecule has 0 saturated heterocycles. The Morgan fingerprint density at radius 1 is 1.17 bits per heavy atom. The second kappa shape index (κ2) is 6.87. The maximum absolute atomic E-state index is 13.1. The highest BCUT2D eigenvalue weighted by molar-refractivity contribution is 7.14. The molecule has 0 aromatic carbocycles. The summed E-state index contributed by atoms with van der Waals surface area (Å²) in [6, 6.07) is 1.79. The fourth-order valence-corrected chi connectivity index (χ4v) is 4.13. The van der Waals surface area contributed by atoms with Crippen molar-refractivity contribution in [1.82, 2.24) is 10.2 Å². The van der Waals surface area contributed by atoms with Gasteiger partial charge in [-0.2, -0.15) is 0 Å². The van der Waals surface area contributed by atoms with Crippen LogP contribution in [0.5, 0.6) is 0 Å². The zero-order chi connectivity index (χ0) is 18.1. The van der Waals surface area contributed by atoms with Crippen LogP contribution in [0.1, 0.15) is 72.9 Å². The first-order valence-corrected chi connectivity index (χ1v) is 9.48. The Bertz CT molecular complexity index is 604. The monoisotopic (exact) mass is 350 g/mol. The zero-order valence-corrected chi connectivity index (χ0v) is 16.6. The molecular formula is C19H30N2O2S. The van der Waals surface area contributed by atoms with Gasteiger partial charge in [0, 0.05) is 24.5 Å². The number of rotatable bonds is 3. The van der Waals surface area contributed by atoms with Crippen molar-refractivity contribution in [3.63, 3.8) is 0 Å². The van der Waals surface area contributed by atoms with Crippen molar-refractivity contribution in [2.24, 2.45) is 10.8 Å². The topological polar surface area (TPSA) is 49.4 Å². The minimum atomic E-state index is -0.0454. The van der Waals surface area contributed by atoms with E-state index in [-0.39, 0.29) is 22.6 Å². The van der Waals surface area contributed by atoms with E-state index in [2.05, 4.69) is 46.9 Å². The molecule has 4 nitrogen and oxygen atoms in total. The molecule has 0 radical (unpaired) electrons. The maximum Gasteiger partial charge on any atom is 0.263 e. The summed E-state index contributed by atoms with van der Waals surface area (Å²) < 4.78 is 0. The molecule has 1 aromatic heterocycles. The Morgan fingerprint density at radius 3 is 2.29 bits per heavy atom. The molecule has 0 unspecified atom stereocenters. The number of nitrogens with one attached hydrogen (secondary N) is 1. The molecule has 0 saturated carbocycles. The first-order chi connectivity index (χ1) is 11.0. The van der Waals surface area contributed by atoms with E-state index in [1.807, 2.05) is 4.90 Å². The van der Waals surface area contributed by atoms with Crippen LogP contribution in [-0.2, 0) is 6.42 Å². The lowest BCUT2D eigenvalue weighted by atomic mass is 9.92. The smallest absolute Gasteiger partial charge is 0.263 e. The van der Waals surface area contributed by atoms with Gasteiger partial charge in [0.15, 0.2) is 0 Å². The van der Waals surface area contributed by atoms with Gasteiger partial charge in [-0.05, 0) is 29.7 Å². The first-order valence-electron chi connectivity index (χ1n) is 8.66. The average molecular weight is 351 g/mol. The van der Waals surface area contributed by atoms with E-state index in [1.54, 1.807) is 6.07 Å². The number of hydrogen-bond acceptors (Lipinski definition) is 3. The lowest BCUT2D eigenvalue weighted by molar-refractivity contribution is 0.0626. The van der Waals surface area contributed by atoms with Crippen molar-refractivity contribution in [3.05, 3.63) is 21.4 Å². The van der Waals surface area contributed by atoms with Gasteiger partial charge in [-0.3, -0.25) is 9.59 Å². The highest BCUT2D eigenvalue weighted by Gasteiger charge is 2.29. The quantitative estimate of drug-likeness (QED) is 0.897. The zero-order valence-electron chi connectivity index (χ0n) is 15.8. The third-order valence-electron chi connectivity index (χ3n) is 3.75. The Morgan fingerprint density at radius 2 is 1.75 bits per heavy atom. The Kier molecular flexibility index (Phi) is 5.43. The molecule has 24 heavy (non-hydrogen) atoms. The van der Waals surface area contributed by atoms with Crippen LogP contribution < -0.4 is 5.32 Å². The Balaban J connectivity index is 2.29. The maximum atomic E-state index is 13.1. The predicted octanol–water partition coefficient (Wildman–Crippen LogP) is 3.96. The van der Waals surface area contributed by atoms with Gasteiger partial charge >= 0.3 is 0 Å². The highest BCUT2D eigenvalue weighted by Crippen LogP contribution is 2.29. The van der Waals surface area contributed by atoms with Crippen LogP contribution >= 0.6 is 11.3 Å². The summed E-state index contributed by atoms with van der Waals surface area (Å²) in [6.07, 6.45) is 1.80. The lowest BCUT2D eigenvalue weighted by Crippen LogP contribution is -2.42. The van der Waals surface area contributed by atoms with Gasteiger partial charge in [-0.25, -0.2) is 0 Å². The van der Waals surface area contributed by atoms with Gasteiger partial charge in [0.05, 0.1) is 10.4 Å². The van der Waals surface area contributed by atoms with E-state index >= 15 is 0 Å². The molecule has 0 aliphatic carbocycles. The second-order valence-electron chi connectivity index (χ2n) is 9.09. The molecule has 2 rings (SSSR count). The highest BCUT2D eigenvalue weighted by atomic mass is 32.1. The molecule has 1 aromatic rings. The number of hydrogen-bond donors (Lipinski definition) is 1. The number of aryl methyl sites for hydroxylation is 1. The fourth-order valence-electron chi connectivity index (χ4n) is 2.96. The number of amides is 2. The molecule has 0 bridgehead atoms. The Hall–Kier alpha value is -1.36. The van der Waals surface area contributed by atoms with Gasteiger partial charge in [0.2, 0.25) is 0 Å². The summed E-state index contributed by atoms with van der Waals surface area (Å²) >= 11 is 1.49. The molecule has 2 amide bonds. The van der Waals surface area contributed by atoms with Crippen LogP contribution in [-0.4, -0.2) is 36.3 Å². The number of nitrogens with zero attached hydrogens (tertiary/aromatic N) is 1. The molecular weight excluding hydrogens is 320 g/mol. The van der Waals surface area contributed by atoms with E-state index in [0.29, 0.717) is 30.1 Å². The lowest BCUT2D eigenvalue weighted by Gasteiger charge is -2.34. The van der Waals surface area contributed by atoms with Gasteiger partial charge in [-0.1, -0.05) is 41.5 Å². The second-order valence-corrected chi connectivity index (χ2v) is 10.2. The molecule has 0 spiro atoms. The van der Waals surface area contributed by atoms with Gasteiger partial charge in [-0.15, -0.1) is 11.3 Å². The van der Waals surface area contributed by atoms with Crippen LogP contribution in [0.3, 0.4) is 0 Å². The summed E-state index contributed by atoms with van der Waals surface area (Å²) in [6.45, 7) is 15.0. The predicted molar refractivity (Wildman–Crippen MR) is 99.8 cm³/mol. The van der Waals surface area contributed by atoms with Crippen molar-refractivity contribution >= 4 is 23.2 Å². The summed E-state index contributed by atoms with van der Waals surface area (Å²) in [5.74, 6) is 0.00159. The van der Waals surface area contributed by atoms with Crippen LogP contribution in [0, 0.1) is 10.8 Å². The van der Waals surface area contributed by atoms with E-state index in [4.69, 9.17) is 0 Å². The molecule has 1 aliphatic heterocycles. The van der Waals surface area contributed by atoms with E-state index in [9.17, 15) is 9.59 Å². The van der Waals surface area contributed by atoms with Crippen LogP contribution in [0.25, 0.3) is 0 Å². The van der Waals surface area contributed by atoms with E-state index in [0.717, 1.165) is 17.7 Å². The fraction of sp³-hybridized carbons (Fsp3) is 0.684. The standard InChI is InChI=1S/C19H30N2O2S/c1-18(2,3)11-21(12-19(4,5)6)17(23)15-10-13-14(24-15)8-7-9-20-16(13)22/h10H,7-9,11-12H2,1-6H3,(H,20,22). The molecule has 134 valence electrons. The molecule has 5 heteroatoms. The van der Waals surface area contributed by atoms with Crippen molar-refractivity contribution < 1.29 is 9.59 Å². The van der Waals surface area contributed by atoms with Crippen LogP contribution in [0.4, 0.5) is 0 Å². The van der Waals surface area contributed by atoms with Crippen molar-refractivity contribution in [2.75, 3.05) is 19.6 Å². The van der Waals surface area contributed by atoms with Gasteiger partial charge < -0.3 is 10.2 Å². The van der Waals surface area contributed by atoms with Crippen molar-refractivity contribution in [2.45, 2.75) is 54.4 Å². The van der Waals surface area contributed by atoms with Crippen LogP contribution in [0.2, 0.25) is 0 Å². The largest absolute Gasteiger partial charge is 0.352 e. The van der Waals surface area contributed by atoms with Crippen molar-refractivity contribution in [1.29, 1.82) is 0 Å². The first kappa shape index (κ1) is 19.0. The number of carbonyl (C=O) groups excluding carboxylic acids is 2. The van der Waals surface area contributed by atoms with Crippen LogP contribution in [0.15, 0.2) is 6.07 Å². The van der Waals surface area contributed by atoms with Crippen molar-refractivity contribution in [3.8, 4) is 0 Å². The summed E-state index contributed by atoms with van der Waals surface area (Å²) in [5.41, 5.74) is 0.756. The van der Waals surface area contributed by atoms with Gasteiger partial charge in [0.25, 0.3) is 11.8 Å². The van der Waals surface area contributed by atoms with E-state index in [1.165, 1.54) is 11.3 Å². The summed E-state index contributed by atoms with van der Waals surface area (Å²) in [5, 5.41) is 2.90.